The molecule has 4 heteroatoms. The number of hydrogen-bond acceptors (Lipinski definition) is 3. The highest BCUT2D eigenvalue weighted by Crippen LogP contribution is 2.33. The Kier molecular flexibility index (Phi) is 3.74. The van der Waals surface area contributed by atoms with Crippen molar-refractivity contribution in [2.24, 2.45) is 0 Å². The van der Waals surface area contributed by atoms with Crippen LogP contribution in [0.4, 0.5) is 0 Å². The quantitative estimate of drug-likeness (QED) is 0.857. The van der Waals surface area contributed by atoms with Crippen molar-refractivity contribution in [3.8, 4) is 10.6 Å². The molecule has 0 aliphatic rings. The van der Waals surface area contributed by atoms with Crippen LogP contribution in [0.5, 0.6) is 0 Å². The van der Waals surface area contributed by atoms with E-state index in [4.69, 9.17) is 0 Å². The van der Waals surface area contributed by atoms with Gasteiger partial charge in [-0.05, 0) is 19.9 Å². The van der Waals surface area contributed by atoms with Crippen molar-refractivity contribution in [2.75, 3.05) is 0 Å². The molecule has 0 saturated heterocycles. The molecule has 2 nitrogen and oxygen atoms in total. The number of rotatable bonds is 3. The number of aromatic nitrogens is 1. The highest BCUT2D eigenvalue weighted by molar-refractivity contribution is 9.10. The van der Waals surface area contributed by atoms with Crippen LogP contribution < -0.4 is 0 Å². The summed E-state index contributed by atoms with van der Waals surface area (Å²) in [6.07, 6.45) is 0.480. The van der Waals surface area contributed by atoms with Crippen molar-refractivity contribution in [3.63, 3.8) is 0 Å². The van der Waals surface area contributed by atoms with Gasteiger partial charge in [0.05, 0.1) is 5.69 Å². The summed E-state index contributed by atoms with van der Waals surface area (Å²) in [4.78, 5) is 16.7. The van der Waals surface area contributed by atoms with Crippen LogP contribution in [0.15, 0.2) is 28.7 Å². The SMILES string of the molecule is CC(=O)Cc1sc(-c2ccccc2Br)nc1C. The van der Waals surface area contributed by atoms with Gasteiger partial charge in [-0.2, -0.15) is 0 Å². The molecule has 0 aliphatic carbocycles. The molecule has 0 unspecified atom stereocenters. The molecule has 1 aromatic heterocycles. The minimum absolute atomic E-state index is 0.176. The third kappa shape index (κ3) is 2.82. The Morgan fingerprint density at radius 1 is 1.41 bits per heavy atom. The van der Waals surface area contributed by atoms with Crippen LogP contribution in [0.1, 0.15) is 17.5 Å². The number of hydrogen-bond donors (Lipinski definition) is 0. The Labute approximate surface area is 113 Å². The van der Waals surface area contributed by atoms with Crippen LogP contribution in [-0.2, 0) is 11.2 Å². The van der Waals surface area contributed by atoms with Crippen molar-refractivity contribution >= 4 is 33.0 Å². The summed E-state index contributed by atoms with van der Waals surface area (Å²) in [5, 5.41) is 0.964. The fourth-order valence-corrected chi connectivity index (χ4v) is 3.34. The van der Waals surface area contributed by atoms with Gasteiger partial charge in [0, 0.05) is 21.3 Å². The zero-order valence-corrected chi connectivity index (χ0v) is 12.1. The monoisotopic (exact) mass is 309 g/mol. The van der Waals surface area contributed by atoms with Crippen LogP contribution in [0.25, 0.3) is 10.6 Å². The lowest BCUT2D eigenvalue weighted by atomic mass is 10.2. The first-order chi connectivity index (χ1) is 8.08. The van der Waals surface area contributed by atoms with E-state index in [1.54, 1.807) is 18.3 Å². The smallest absolute Gasteiger partial charge is 0.135 e. The van der Waals surface area contributed by atoms with E-state index in [-0.39, 0.29) is 5.78 Å². The zero-order valence-electron chi connectivity index (χ0n) is 9.66. The number of carbonyl (C=O) groups is 1. The normalized spacial score (nSPS) is 10.5. The van der Waals surface area contributed by atoms with Crippen molar-refractivity contribution in [2.45, 2.75) is 20.3 Å². The van der Waals surface area contributed by atoms with Crippen molar-refractivity contribution in [3.05, 3.63) is 39.3 Å². The van der Waals surface area contributed by atoms with Crippen LogP contribution in [0, 0.1) is 6.92 Å². The lowest BCUT2D eigenvalue weighted by Crippen LogP contribution is -1.94. The Balaban J connectivity index is 2.41. The fourth-order valence-electron chi connectivity index (χ4n) is 1.57. The van der Waals surface area contributed by atoms with Crippen LogP contribution >= 0.6 is 27.3 Å². The van der Waals surface area contributed by atoms with Gasteiger partial charge in [-0.25, -0.2) is 4.98 Å². The van der Waals surface area contributed by atoms with E-state index in [1.807, 2.05) is 31.2 Å². The number of Topliss-reactive ketones (excluding diaryl/α,β-unsaturated/α-hetero) is 1. The number of ketones is 1. The molecule has 2 rings (SSSR count). The molecule has 0 bridgehead atoms. The second-order valence-electron chi connectivity index (χ2n) is 3.89. The Hall–Kier alpha value is -1.000. The van der Waals surface area contributed by atoms with E-state index in [0.717, 1.165) is 25.6 Å². The third-order valence-corrected chi connectivity index (χ3v) is 4.29. The molecular weight excluding hydrogens is 298 g/mol. The summed E-state index contributed by atoms with van der Waals surface area (Å²) in [5.41, 5.74) is 2.03. The van der Waals surface area contributed by atoms with Gasteiger partial charge in [0.25, 0.3) is 0 Å². The molecule has 0 amide bonds. The first-order valence-electron chi connectivity index (χ1n) is 5.28. The predicted molar refractivity (Wildman–Crippen MR) is 74.4 cm³/mol. The van der Waals surface area contributed by atoms with Crippen LogP contribution in [0.3, 0.4) is 0 Å². The molecule has 88 valence electrons. The molecule has 0 spiro atoms. The minimum Gasteiger partial charge on any atom is -0.300 e. The van der Waals surface area contributed by atoms with Gasteiger partial charge >= 0.3 is 0 Å². The van der Waals surface area contributed by atoms with Gasteiger partial charge in [0.15, 0.2) is 0 Å². The number of nitrogens with zero attached hydrogens (tertiary/aromatic N) is 1. The second kappa shape index (κ2) is 5.10. The van der Waals surface area contributed by atoms with Crippen LogP contribution in [-0.4, -0.2) is 10.8 Å². The Morgan fingerprint density at radius 2 is 2.12 bits per heavy atom. The topological polar surface area (TPSA) is 30.0 Å². The average molecular weight is 310 g/mol. The molecule has 17 heavy (non-hydrogen) atoms. The fraction of sp³-hybridized carbons (Fsp3) is 0.231. The highest BCUT2D eigenvalue weighted by atomic mass is 79.9. The Morgan fingerprint density at radius 3 is 2.76 bits per heavy atom. The first-order valence-corrected chi connectivity index (χ1v) is 6.89. The van der Waals surface area contributed by atoms with E-state index in [0.29, 0.717) is 6.42 Å². The molecular formula is C13H12BrNOS. The van der Waals surface area contributed by atoms with Crippen molar-refractivity contribution < 1.29 is 4.79 Å². The van der Waals surface area contributed by atoms with Crippen molar-refractivity contribution in [1.29, 1.82) is 0 Å². The Bertz CT molecular complexity index is 562. The molecule has 0 saturated carbocycles. The molecule has 1 heterocycles. The molecule has 0 radical (unpaired) electrons. The van der Waals surface area contributed by atoms with E-state index in [9.17, 15) is 4.79 Å². The predicted octanol–water partition coefficient (Wildman–Crippen LogP) is 4.01. The summed E-state index contributed by atoms with van der Waals surface area (Å²) >= 11 is 5.11. The number of carbonyl (C=O) groups excluding carboxylic acids is 1. The van der Waals surface area contributed by atoms with E-state index in [2.05, 4.69) is 20.9 Å². The number of benzene rings is 1. The lowest BCUT2D eigenvalue weighted by Gasteiger charge is -1.98. The number of halogens is 1. The summed E-state index contributed by atoms with van der Waals surface area (Å²) < 4.78 is 1.03. The first kappa shape index (κ1) is 12.5. The van der Waals surface area contributed by atoms with Crippen LogP contribution in [0.2, 0.25) is 0 Å². The number of aryl methyl sites for hydroxylation is 1. The van der Waals surface area contributed by atoms with E-state index >= 15 is 0 Å². The molecule has 2 aromatic rings. The molecule has 0 fully saturated rings. The van der Waals surface area contributed by atoms with Gasteiger partial charge in [-0.1, -0.05) is 34.1 Å². The maximum absolute atomic E-state index is 11.1. The second-order valence-corrected chi connectivity index (χ2v) is 5.82. The van der Waals surface area contributed by atoms with Gasteiger partial charge in [-0.3, -0.25) is 4.79 Å². The average Bonchev–Trinajstić information content (AvgIpc) is 2.60. The van der Waals surface area contributed by atoms with E-state index < -0.39 is 0 Å². The zero-order chi connectivity index (χ0) is 12.4. The maximum atomic E-state index is 11.1. The van der Waals surface area contributed by atoms with Gasteiger partial charge < -0.3 is 0 Å². The molecule has 1 aromatic carbocycles. The number of thiazole rings is 1. The third-order valence-electron chi connectivity index (χ3n) is 2.41. The van der Waals surface area contributed by atoms with Gasteiger partial charge in [0.1, 0.15) is 10.8 Å². The molecule has 0 N–H and O–H groups in total. The summed E-state index contributed by atoms with van der Waals surface area (Å²) in [6.45, 7) is 3.56. The largest absolute Gasteiger partial charge is 0.300 e. The molecule has 0 atom stereocenters. The summed E-state index contributed by atoms with van der Waals surface area (Å²) in [6, 6.07) is 7.99. The summed E-state index contributed by atoms with van der Waals surface area (Å²) in [7, 11) is 0. The summed E-state index contributed by atoms with van der Waals surface area (Å²) in [5.74, 6) is 0.176. The van der Waals surface area contributed by atoms with E-state index in [1.165, 1.54) is 0 Å². The lowest BCUT2D eigenvalue weighted by molar-refractivity contribution is -0.116. The highest BCUT2D eigenvalue weighted by Gasteiger charge is 2.12. The van der Waals surface area contributed by atoms with Crippen molar-refractivity contribution in [1.82, 2.24) is 4.98 Å². The van der Waals surface area contributed by atoms with Gasteiger partial charge in [0.2, 0.25) is 0 Å². The molecule has 0 aliphatic heterocycles. The van der Waals surface area contributed by atoms with Gasteiger partial charge in [-0.15, -0.1) is 11.3 Å². The standard InChI is InChI=1S/C13H12BrNOS/c1-8(16)7-12-9(2)15-13(17-12)10-5-3-4-6-11(10)14/h3-6H,7H2,1-2H3. The maximum Gasteiger partial charge on any atom is 0.135 e. The minimum atomic E-state index is 0.176.